The molecule has 0 amide bonds. The predicted octanol–water partition coefficient (Wildman–Crippen LogP) is -0.136. The van der Waals surface area contributed by atoms with E-state index < -0.39 is 22.0 Å². The third-order valence-electron chi connectivity index (χ3n) is 0.887. The van der Waals surface area contributed by atoms with Crippen molar-refractivity contribution in [2.24, 2.45) is 0 Å². The maximum Gasteiger partial charge on any atom is 0.264 e. The molecule has 0 aromatic carbocycles. The molecule has 0 saturated carbocycles. The van der Waals surface area contributed by atoms with Crippen LogP contribution in [0.4, 0.5) is 0 Å². The zero-order valence-electron chi connectivity index (χ0n) is 5.20. The Morgan fingerprint density at radius 3 is 2.30 bits per heavy atom. The van der Waals surface area contributed by atoms with Crippen LogP contribution in [0.1, 0.15) is 6.42 Å². The molecule has 0 spiro atoms. The second-order valence-corrected chi connectivity index (χ2v) is 3.76. The Morgan fingerprint density at radius 2 is 2.00 bits per heavy atom. The van der Waals surface area contributed by atoms with Gasteiger partial charge in [-0.25, -0.2) is 0 Å². The molecule has 0 aliphatic heterocycles. The van der Waals surface area contributed by atoms with Crippen molar-refractivity contribution < 1.29 is 18.1 Å². The average Bonchev–Trinajstić information content (AvgIpc) is 1.81. The number of aliphatic hydroxyl groups excluding tert-OH is 1. The van der Waals surface area contributed by atoms with Gasteiger partial charge in [-0.2, -0.15) is 8.42 Å². The lowest BCUT2D eigenvalue weighted by Crippen LogP contribution is -2.15. The van der Waals surface area contributed by atoms with Gasteiger partial charge in [0, 0.05) is 5.88 Å². The Hall–Kier alpha value is 0.160. The van der Waals surface area contributed by atoms with Gasteiger partial charge in [0.05, 0.1) is 11.9 Å². The van der Waals surface area contributed by atoms with Gasteiger partial charge in [-0.1, -0.05) is 0 Å². The summed E-state index contributed by atoms with van der Waals surface area (Å²) < 4.78 is 28.3. The van der Waals surface area contributed by atoms with Gasteiger partial charge in [-0.05, 0) is 6.42 Å². The van der Waals surface area contributed by atoms with Crippen LogP contribution in [0.25, 0.3) is 0 Å². The summed E-state index contributed by atoms with van der Waals surface area (Å²) >= 11 is 5.15. The summed E-state index contributed by atoms with van der Waals surface area (Å²) in [5.74, 6) is -0.462. The van der Waals surface area contributed by atoms with Crippen molar-refractivity contribution in [1.29, 1.82) is 0 Å². The highest BCUT2D eigenvalue weighted by atomic mass is 35.5. The molecule has 0 heterocycles. The van der Waals surface area contributed by atoms with Crippen molar-refractivity contribution >= 4 is 21.7 Å². The van der Waals surface area contributed by atoms with Gasteiger partial charge in [0.15, 0.2) is 0 Å². The highest BCUT2D eigenvalue weighted by Gasteiger charge is 2.08. The lowest BCUT2D eigenvalue weighted by molar-refractivity contribution is 0.194. The Morgan fingerprint density at radius 1 is 1.50 bits per heavy atom. The van der Waals surface area contributed by atoms with Crippen LogP contribution in [-0.4, -0.2) is 35.8 Å². The first-order valence-electron chi connectivity index (χ1n) is 2.65. The minimum atomic E-state index is -3.95. The first kappa shape index (κ1) is 10.2. The highest BCUT2D eigenvalue weighted by molar-refractivity contribution is 7.85. The zero-order valence-corrected chi connectivity index (χ0v) is 6.77. The molecule has 0 radical (unpaired) electrons. The molecule has 0 aromatic rings. The van der Waals surface area contributed by atoms with E-state index in [9.17, 15) is 8.42 Å². The fourth-order valence-corrected chi connectivity index (χ4v) is 1.09. The first-order valence-corrected chi connectivity index (χ1v) is 4.79. The molecule has 2 N–H and O–H groups in total. The second-order valence-electron chi connectivity index (χ2n) is 1.88. The van der Waals surface area contributed by atoms with Crippen LogP contribution >= 0.6 is 11.6 Å². The van der Waals surface area contributed by atoms with E-state index in [0.29, 0.717) is 0 Å². The molecule has 10 heavy (non-hydrogen) atoms. The third-order valence-corrected chi connectivity index (χ3v) is 1.99. The Balaban J connectivity index is 3.56. The van der Waals surface area contributed by atoms with Crippen LogP contribution in [0.3, 0.4) is 0 Å². The summed E-state index contributed by atoms with van der Waals surface area (Å²) in [6, 6.07) is 0. The molecular weight excluding hydrogens is 180 g/mol. The lowest BCUT2D eigenvalue weighted by atomic mass is 10.3. The molecule has 1 atom stereocenters. The molecule has 0 aromatic heterocycles. The normalized spacial score (nSPS) is 15.1. The maximum atomic E-state index is 10.1. The molecule has 0 bridgehead atoms. The summed E-state index contributed by atoms with van der Waals surface area (Å²) in [7, 11) is -3.95. The average molecular weight is 189 g/mol. The van der Waals surface area contributed by atoms with Crippen LogP contribution < -0.4 is 0 Å². The van der Waals surface area contributed by atoms with Gasteiger partial charge in [-0.3, -0.25) is 4.55 Å². The Labute approximate surface area is 64.6 Å². The molecule has 0 aliphatic rings. The second kappa shape index (κ2) is 4.12. The quantitative estimate of drug-likeness (QED) is 0.476. The van der Waals surface area contributed by atoms with E-state index in [4.69, 9.17) is 21.3 Å². The van der Waals surface area contributed by atoms with Crippen molar-refractivity contribution in [3.05, 3.63) is 0 Å². The molecule has 0 rings (SSSR count). The largest absolute Gasteiger partial charge is 0.392 e. The van der Waals surface area contributed by atoms with Gasteiger partial charge >= 0.3 is 0 Å². The molecule has 6 heteroatoms. The van der Waals surface area contributed by atoms with Crippen molar-refractivity contribution in [3.63, 3.8) is 0 Å². The lowest BCUT2D eigenvalue weighted by Gasteiger charge is -2.02. The van der Waals surface area contributed by atoms with Crippen LogP contribution in [0.5, 0.6) is 0 Å². The van der Waals surface area contributed by atoms with E-state index in [1.54, 1.807) is 0 Å². The zero-order chi connectivity index (χ0) is 8.20. The van der Waals surface area contributed by atoms with E-state index in [0.717, 1.165) is 0 Å². The number of hydrogen-bond donors (Lipinski definition) is 2. The van der Waals surface area contributed by atoms with Gasteiger partial charge in [0.2, 0.25) is 0 Å². The minimum absolute atomic E-state index is 0.0183. The van der Waals surface area contributed by atoms with Gasteiger partial charge in [0.25, 0.3) is 10.1 Å². The topological polar surface area (TPSA) is 74.6 Å². The van der Waals surface area contributed by atoms with Crippen molar-refractivity contribution in [1.82, 2.24) is 0 Å². The molecule has 0 saturated heterocycles. The van der Waals surface area contributed by atoms with Crippen molar-refractivity contribution in [2.45, 2.75) is 12.5 Å². The van der Waals surface area contributed by atoms with Crippen LogP contribution in [-0.2, 0) is 10.1 Å². The monoisotopic (exact) mass is 188 g/mol. The van der Waals surface area contributed by atoms with E-state index >= 15 is 0 Å². The van der Waals surface area contributed by atoms with Gasteiger partial charge in [0.1, 0.15) is 0 Å². The van der Waals surface area contributed by atoms with Gasteiger partial charge < -0.3 is 5.11 Å². The van der Waals surface area contributed by atoms with Crippen molar-refractivity contribution in [3.8, 4) is 0 Å². The number of rotatable bonds is 4. The number of hydrogen-bond acceptors (Lipinski definition) is 3. The summed E-state index contributed by atoms with van der Waals surface area (Å²) in [6.45, 7) is 0. The molecule has 1 unspecified atom stereocenters. The van der Waals surface area contributed by atoms with Crippen LogP contribution in [0.2, 0.25) is 0 Å². The maximum absolute atomic E-state index is 10.1. The third kappa shape index (κ3) is 6.28. The molecule has 4 nitrogen and oxygen atoms in total. The fourth-order valence-electron chi connectivity index (χ4n) is 0.362. The van der Waals surface area contributed by atoms with E-state index in [1.807, 2.05) is 0 Å². The van der Waals surface area contributed by atoms with E-state index in [1.165, 1.54) is 0 Å². The predicted molar refractivity (Wildman–Crippen MR) is 37.8 cm³/mol. The number of aliphatic hydroxyl groups is 1. The van der Waals surface area contributed by atoms with E-state index in [-0.39, 0.29) is 12.3 Å². The van der Waals surface area contributed by atoms with Crippen molar-refractivity contribution in [2.75, 3.05) is 11.6 Å². The smallest absolute Gasteiger partial charge is 0.264 e. The molecular formula is C4H9ClO4S. The Kier molecular flexibility index (Phi) is 4.19. The molecule has 0 fully saturated rings. The summed E-state index contributed by atoms with van der Waals surface area (Å²) in [6.07, 6.45) is -0.883. The summed E-state index contributed by atoms with van der Waals surface area (Å²) in [5.41, 5.74) is 0. The summed E-state index contributed by atoms with van der Waals surface area (Å²) in [4.78, 5) is 0. The fraction of sp³-hybridized carbons (Fsp3) is 1.00. The molecule has 0 aliphatic carbocycles. The SMILES string of the molecule is O=S(=O)(O)CCC(O)CCl. The first-order chi connectivity index (χ1) is 4.45. The van der Waals surface area contributed by atoms with Crippen LogP contribution in [0, 0.1) is 0 Å². The van der Waals surface area contributed by atoms with Crippen LogP contribution in [0.15, 0.2) is 0 Å². The highest BCUT2D eigenvalue weighted by Crippen LogP contribution is 1.96. The standard InChI is InChI=1S/C4H9ClO4S/c5-3-4(6)1-2-10(7,8)9/h4,6H,1-3H2,(H,7,8,9). The van der Waals surface area contributed by atoms with E-state index in [2.05, 4.69) is 0 Å². The minimum Gasteiger partial charge on any atom is -0.392 e. The molecule has 62 valence electrons. The summed E-state index contributed by atoms with van der Waals surface area (Å²) in [5, 5.41) is 8.71. The number of alkyl halides is 1. The number of halogens is 1. The Bertz CT molecular complexity index is 176. The van der Waals surface area contributed by atoms with Gasteiger partial charge in [-0.15, -0.1) is 11.6 Å².